The van der Waals surface area contributed by atoms with Crippen molar-refractivity contribution >= 4 is 22.8 Å². The molecular weight excluding hydrogens is 422 g/mol. The second kappa shape index (κ2) is 8.81. The zero-order chi connectivity index (χ0) is 22.8. The van der Waals surface area contributed by atoms with E-state index < -0.39 is 0 Å². The number of fused-ring (bicyclic) bond motifs is 1. The van der Waals surface area contributed by atoms with Crippen molar-refractivity contribution < 1.29 is 9.47 Å². The van der Waals surface area contributed by atoms with Crippen LogP contribution in [0, 0.1) is 0 Å². The van der Waals surface area contributed by atoms with E-state index in [4.69, 9.17) is 9.47 Å². The van der Waals surface area contributed by atoms with Crippen molar-refractivity contribution in [2.45, 2.75) is 31.7 Å². The van der Waals surface area contributed by atoms with E-state index in [1.165, 1.54) is 14.2 Å². The average Bonchev–Trinajstić information content (AvgIpc) is 3.38. The molecule has 0 aliphatic heterocycles. The van der Waals surface area contributed by atoms with Gasteiger partial charge >= 0.3 is 0 Å². The van der Waals surface area contributed by atoms with E-state index in [0.29, 0.717) is 40.0 Å². The molecule has 1 aliphatic rings. The third-order valence-electron chi connectivity index (χ3n) is 5.79. The van der Waals surface area contributed by atoms with Gasteiger partial charge in [-0.3, -0.25) is 14.3 Å². The fourth-order valence-corrected chi connectivity index (χ4v) is 4.19. The first-order chi connectivity index (χ1) is 16.2. The summed E-state index contributed by atoms with van der Waals surface area (Å²) in [5.74, 6) is 1.04. The SMILES string of the molecule is COc1cc(-c2cc3nnc(Nc4ccncc4)nc3n(C3CCCC3)c2=O)cc(OC)n1. The van der Waals surface area contributed by atoms with Crippen LogP contribution in [0.4, 0.5) is 11.6 Å². The van der Waals surface area contributed by atoms with E-state index in [1.807, 2.05) is 12.1 Å². The Morgan fingerprint density at radius 2 is 1.67 bits per heavy atom. The molecule has 0 spiro atoms. The minimum atomic E-state index is -0.139. The number of anilines is 2. The first kappa shape index (κ1) is 20.8. The van der Waals surface area contributed by atoms with Gasteiger partial charge in [-0.2, -0.15) is 9.97 Å². The van der Waals surface area contributed by atoms with Crippen LogP contribution in [0.1, 0.15) is 31.7 Å². The molecule has 1 aliphatic carbocycles. The molecule has 1 saturated carbocycles. The number of hydrogen-bond donors (Lipinski definition) is 1. The minimum Gasteiger partial charge on any atom is -0.481 e. The summed E-state index contributed by atoms with van der Waals surface area (Å²) in [7, 11) is 3.05. The molecule has 0 amide bonds. The number of nitrogens with zero attached hydrogens (tertiary/aromatic N) is 6. The molecule has 1 N–H and O–H groups in total. The predicted molar refractivity (Wildman–Crippen MR) is 123 cm³/mol. The summed E-state index contributed by atoms with van der Waals surface area (Å²) in [6.45, 7) is 0. The molecule has 0 aromatic carbocycles. The van der Waals surface area contributed by atoms with Gasteiger partial charge in [0.2, 0.25) is 17.7 Å². The largest absolute Gasteiger partial charge is 0.481 e. The van der Waals surface area contributed by atoms with Gasteiger partial charge in [0.05, 0.1) is 14.2 Å². The number of ether oxygens (including phenoxy) is 2. The van der Waals surface area contributed by atoms with Crippen LogP contribution in [-0.2, 0) is 0 Å². The molecule has 4 heterocycles. The molecule has 0 bridgehead atoms. The number of rotatable bonds is 6. The van der Waals surface area contributed by atoms with Gasteiger partial charge in [-0.15, -0.1) is 10.2 Å². The third-order valence-corrected chi connectivity index (χ3v) is 5.79. The normalized spacial score (nSPS) is 13.9. The Morgan fingerprint density at radius 3 is 2.33 bits per heavy atom. The average molecular weight is 445 g/mol. The molecule has 0 atom stereocenters. The molecular formula is C23H23N7O3. The maximum atomic E-state index is 13.8. The molecule has 0 unspecified atom stereocenters. The molecule has 4 aromatic rings. The quantitative estimate of drug-likeness (QED) is 0.476. The molecule has 4 aromatic heterocycles. The smallest absolute Gasteiger partial charge is 0.260 e. The Bertz CT molecular complexity index is 1330. The highest BCUT2D eigenvalue weighted by atomic mass is 16.5. The molecule has 0 saturated heterocycles. The van der Waals surface area contributed by atoms with Gasteiger partial charge in [0, 0.05) is 41.8 Å². The monoisotopic (exact) mass is 445 g/mol. The molecule has 33 heavy (non-hydrogen) atoms. The summed E-state index contributed by atoms with van der Waals surface area (Å²) < 4.78 is 12.4. The maximum absolute atomic E-state index is 13.8. The van der Waals surface area contributed by atoms with Crippen LogP contribution in [-0.4, -0.2) is 43.9 Å². The van der Waals surface area contributed by atoms with E-state index in [2.05, 4.69) is 30.5 Å². The Morgan fingerprint density at radius 1 is 0.970 bits per heavy atom. The molecule has 10 heteroatoms. The lowest BCUT2D eigenvalue weighted by Crippen LogP contribution is -2.26. The fourth-order valence-electron chi connectivity index (χ4n) is 4.19. The second-order valence-electron chi connectivity index (χ2n) is 7.82. The van der Waals surface area contributed by atoms with E-state index >= 15 is 0 Å². The van der Waals surface area contributed by atoms with Gasteiger partial charge in [0.1, 0.15) is 5.52 Å². The number of aromatic nitrogens is 6. The number of pyridine rings is 3. The maximum Gasteiger partial charge on any atom is 0.260 e. The van der Waals surface area contributed by atoms with Gasteiger partial charge in [0.25, 0.3) is 5.56 Å². The van der Waals surface area contributed by atoms with Gasteiger partial charge in [-0.05, 0) is 36.6 Å². The van der Waals surface area contributed by atoms with Crippen LogP contribution < -0.4 is 20.3 Å². The number of hydrogen-bond acceptors (Lipinski definition) is 9. The fraction of sp³-hybridized carbons (Fsp3) is 0.304. The van der Waals surface area contributed by atoms with Crippen LogP contribution >= 0.6 is 0 Å². The summed E-state index contributed by atoms with van der Waals surface area (Å²) in [6.07, 6.45) is 7.32. The highest BCUT2D eigenvalue weighted by Crippen LogP contribution is 2.32. The molecule has 10 nitrogen and oxygen atoms in total. The van der Waals surface area contributed by atoms with Crippen molar-refractivity contribution in [3.8, 4) is 22.9 Å². The van der Waals surface area contributed by atoms with Crippen molar-refractivity contribution in [2.24, 2.45) is 0 Å². The Labute approximate surface area is 189 Å². The van der Waals surface area contributed by atoms with Crippen molar-refractivity contribution in [1.29, 1.82) is 0 Å². The third kappa shape index (κ3) is 4.07. The number of methoxy groups -OCH3 is 2. The standard InChI is InChI=1S/C23H23N7O3/c1-32-19-11-14(12-20(26-19)33-2)17-13-18-21(30(22(17)31)16-5-3-4-6-16)27-23(29-28-18)25-15-7-9-24-10-8-15/h7-13,16H,3-6H2,1-2H3,(H,24,25,27,29). The first-order valence-corrected chi connectivity index (χ1v) is 10.7. The van der Waals surface area contributed by atoms with Crippen LogP contribution in [0.5, 0.6) is 11.8 Å². The van der Waals surface area contributed by atoms with E-state index in [0.717, 1.165) is 31.4 Å². The van der Waals surface area contributed by atoms with Crippen molar-refractivity contribution in [3.05, 3.63) is 53.1 Å². The van der Waals surface area contributed by atoms with Crippen molar-refractivity contribution in [2.75, 3.05) is 19.5 Å². The summed E-state index contributed by atoms with van der Waals surface area (Å²) in [5, 5.41) is 11.8. The van der Waals surface area contributed by atoms with E-state index in [-0.39, 0.29) is 11.6 Å². The minimum absolute atomic E-state index is 0.0519. The highest BCUT2D eigenvalue weighted by Gasteiger charge is 2.24. The van der Waals surface area contributed by atoms with Gasteiger partial charge in [-0.25, -0.2) is 0 Å². The lowest BCUT2D eigenvalue weighted by atomic mass is 10.1. The zero-order valence-corrected chi connectivity index (χ0v) is 18.4. The molecule has 0 radical (unpaired) electrons. The summed E-state index contributed by atoms with van der Waals surface area (Å²) in [4.78, 5) is 26.7. The van der Waals surface area contributed by atoms with Crippen LogP contribution in [0.2, 0.25) is 0 Å². The molecule has 168 valence electrons. The lowest BCUT2D eigenvalue weighted by molar-refractivity contribution is 0.365. The number of nitrogens with one attached hydrogen (secondary N) is 1. The van der Waals surface area contributed by atoms with Gasteiger partial charge < -0.3 is 14.8 Å². The Kier molecular flexibility index (Phi) is 5.55. The topological polar surface area (TPSA) is 117 Å². The predicted octanol–water partition coefficient (Wildman–Crippen LogP) is 3.52. The summed E-state index contributed by atoms with van der Waals surface area (Å²) >= 11 is 0. The zero-order valence-electron chi connectivity index (χ0n) is 18.4. The van der Waals surface area contributed by atoms with Crippen molar-refractivity contribution in [1.82, 2.24) is 29.7 Å². The van der Waals surface area contributed by atoms with Crippen LogP contribution in [0.15, 0.2) is 47.5 Å². The van der Waals surface area contributed by atoms with Gasteiger partial charge in [0.15, 0.2) is 5.65 Å². The lowest BCUT2D eigenvalue weighted by Gasteiger charge is -2.18. The van der Waals surface area contributed by atoms with E-state index in [1.54, 1.807) is 35.2 Å². The Hall–Kier alpha value is -4.08. The van der Waals surface area contributed by atoms with Crippen LogP contribution in [0.25, 0.3) is 22.3 Å². The van der Waals surface area contributed by atoms with E-state index in [9.17, 15) is 4.79 Å². The Balaban J connectivity index is 1.69. The van der Waals surface area contributed by atoms with Crippen molar-refractivity contribution in [3.63, 3.8) is 0 Å². The van der Waals surface area contributed by atoms with Gasteiger partial charge in [-0.1, -0.05) is 12.8 Å². The highest BCUT2D eigenvalue weighted by molar-refractivity contribution is 5.79. The second-order valence-corrected chi connectivity index (χ2v) is 7.82. The summed E-state index contributed by atoms with van der Waals surface area (Å²) in [5.41, 5.74) is 2.80. The summed E-state index contributed by atoms with van der Waals surface area (Å²) in [6, 6.07) is 8.81. The molecule has 5 rings (SSSR count). The first-order valence-electron chi connectivity index (χ1n) is 10.7. The molecule has 1 fully saturated rings. The van der Waals surface area contributed by atoms with Crippen LogP contribution in [0.3, 0.4) is 0 Å².